The maximum Gasteiger partial charge on any atom is 0.234 e. The molecule has 21 heavy (non-hydrogen) atoms. The Hall–Kier alpha value is -1.40. The van der Waals surface area contributed by atoms with Gasteiger partial charge in [-0.25, -0.2) is 0 Å². The summed E-state index contributed by atoms with van der Waals surface area (Å²) in [6.45, 7) is 3.69. The fourth-order valence-corrected chi connectivity index (χ4v) is 3.53. The first kappa shape index (κ1) is 16.0. The van der Waals surface area contributed by atoms with Gasteiger partial charge < -0.3 is 11.1 Å². The summed E-state index contributed by atoms with van der Waals surface area (Å²) in [5.74, 6) is -0.372. The third-order valence-corrected chi connectivity index (χ3v) is 5.04. The van der Waals surface area contributed by atoms with Crippen molar-refractivity contribution in [2.75, 3.05) is 13.1 Å². The molecule has 1 aliphatic rings. The van der Waals surface area contributed by atoms with E-state index in [2.05, 4.69) is 24.4 Å². The standard InChI is InChI=1S/C15H23N3O2S/c1-2-11-6-7-12(21-11)9-17-14(19)10-18-8-4-3-5-13(18)15(16)20/h6-7,13H,2-5,8-10H2,1H3,(H2,16,20)(H,17,19). The number of nitrogens with two attached hydrogens (primary N) is 1. The van der Waals surface area contributed by atoms with Gasteiger partial charge in [0.15, 0.2) is 0 Å². The number of rotatable bonds is 6. The molecule has 1 saturated heterocycles. The molecule has 6 heteroatoms. The smallest absolute Gasteiger partial charge is 0.234 e. The number of thiophene rings is 1. The normalized spacial score (nSPS) is 19.4. The SMILES string of the molecule is CCc1ccc(CNC(=O)CN2CCCCC2C(N)=O)s1. The van der Waals surface area contributed by atoms with E-state index < -0.39 is 0 Å². The number of carbonyl (C=O) groups excluding carboxylic acids is 2. The number of likely N-dealkylation sites (tertiary alicyclic amines) is 1. The van der Waals surface area contributed by atoms with E-state index in [0.717, 1.165) is 37.1 Å². The Morgan fingerprint density at radius 2 is 2.14 bits per heavy atom. The van der Waals surface area contributed by atoms with Crippen LogP contribution in [-0.4, -0.2) is 35.8 Å². The highest BCUT2D eigenvalue weighted by molar-refractivity contribution is 7.11. The fourth-order valence-electron chi connectivity index (χ4n) is 2.64. The second kappa shape index (κ2) is 7.56. The first-order valence-corrected chi connectivity index (χ1v) is 8.29. The number of piperidine rings is 1. The number of hydrogen-bond donors (Lipinski definition) is 2. The van der Waals surface area contributed by atoms with Crippen molar-refractivity contribution in [3.05, 3.63) is 21.9 Å². The number of hydrogen-bond acceptors (Lipinski definition) is 4. The molecule has 1 atom stereocenters. The van der Waals surface area contributed by atoms with Crippen LogP contribution in [0.2, 0.25) is 0 Å². The Morgan fingerprint density at radius 3 is 2.81 bits per heavy atom. The molecule has 0 aliphatic carbocycles. The minimum Gasteiger partial charge on any atom is -0.368 e. The number of aryl methyl sites for hydroxylation is 1. The lowest BCUT2D eigenvalue weighted by atomic mass is 10.0. The second-order valence-electron chi connectivity index (χ2n) is 5.38. The minimum atomic E-state index is -0.326. The summed E-state index contributed by atoms with van der Waals surface area (Å²) in [7, 11) is 0. The molecule has 0 bridgehead atoms. The van der Waals surface area contributed by atoms with E-state index in [9.17, 15) is 9.59 Å². The molecule has 1 aromatic heterocycles. The summed E-state index contributed by atoms with van der Waals surface area (Å²) in [6.07, 6.45) is 3.79. The van der Waals surface area contributed by atoms with Crippen molar-refractivity contribution < 1.29 is 9.59 Å². The van der Waals surface area contributed by atoms with Gasteiger partial charge in [0.2, 0.25) is 11.8 Å². The Bertz CT molecular complexity index is 501. The summed E-state index contributed by atoms with van der Waals surface area (Å²) in [5, 5.41) is 2.92. The van der Waals surface area contributed by atoms with Crippen LogP contribution in [0.1, 0.15) is 35.9 Å². The number of primary amides is 1. The van der Waals surface area contributed by atoms with Gasteiger partial charge in [-0.15, -0.1) is 11.3 Å². The summed E-state index contributed by atoms with van der Waals surface area (Å²) in [6, 6.07) is 3.86. The van der Waals surface area contributed by atoms with Crippen molar-refractivity contribution >= 4 is 23.2 Å². The highest BCUT2D eigenvalue weighted by atomic mass is 32.1. The summed E-state index contributed by atoms with van der Waals surface area (Å²) < 4.78 is 0. The van der Waals surface area contributed by atoms with E-state index in [1.807, 2.05) is 4.90 Å². The van der Waals surface area contributed by atoms with Gasteiger partial charge in [0.05, 0.1) is 19.1 Å². The Labute approximate surface area is 129 Å². The highest BCUT2D eigenvalue weighted by Crippen LogP contribution is 2.17. The summed E-state index contributed by atoms with van der Waals surface area (Å²) in [4.78, 5) is 27.8. The Balaban J connectivity index is 1.81. The molecule has 116 valence electrons. The summed E-state index contributed by atoms with van der Waals surface area (Å²) >= 11 is 1.72. The van der Waals surface area contributed by atoms with Crippen molar-refractivity contribution in [3.63, 3.8) is 0 Å². The minimum absolute atomic E-state index is 0.0467. The third kappa shape index (κ3) is 4.54. The molecule has 1 aromatic rings. The molecule has 0 spiro atoms. The van der Waals surface area contributed by atoms with Crippen LogP contribution in [0.15, 0.2) is 12.1 Å². The predicted octanol–water partition coefficient (Wildman–Crippen LogP) is 1.27. The first-order valence-electron chi connectivity index (χ1n) is 7.47. The van der Waals surface area contributed by atoms with Crippen LogP contribution in [0.3, 0.4) is 0 Å². The molecular formula is C15H23N3O2S. The van der Waals surface area contributed by atoms with Gasteiger partial charge in [-0.2, -0.15) is 0 Å². The summed E-state index contributed by atoms with van der Waals surface area (Å²) in [5.41, 5.74) is 5.41. The number of carbonyl (C=O) groups is 2. The molecule has 3 N–H and O–H groups in total. The van der Waals surface area contributed by atoms with Gasteiger partial charge in [-0.1, -0.05) is 13.3 Å². The van der Waals surface area contributed by atoms with Crippen molar-refractivity contribution in [3.8, 4) is 0 Å². The zero-order chi connectivity index (χ0) is 15.2. The van der Waals surface area contributed by atoms with E-state index >= 15 is 0 Å². The quantitative estimate of drug-likeness (QED) is 0.831. The zero-order valence-electron chi connectivity index (χ0n) is 12.4. The molecule has 1 aliphatic heterocycles. The van der Waals surface area contributed by atoms with E-state index in [-0.39, 0.29) is 24.4 Å². The van der Waals surface area contributed by atoms with Crippen molar-refractivity contribution in [2.45, 2.75) is 45.2 Å². The van der Waals surface area contributed by atoms with Crippen molar-refractivity contribution in [1.82, 2.24) is 10.2 Å². The Kier molecular flexibility index (Phi) is 5.76. The molecule has 2 rings (SSSR count). The average molecular weight is 309 g/mol. The van der Waals surface area contributed by atoms with Crippen LogP contribution >= 0.6 is 11.3 Å². The molecule has 0 saturated carbocycles. The molecule has 2 heterocycles. The lowest BCUT2D eigenvalue weighted by Gasteiger charge is -2.32. The number of amides is 2. The van der Waals surface area contributed by atoms with Crippen LogP contribution in [0.5, 0.6) is 0 Å². The van der Waals surface area contributed by atoms with Crippen LogP contribution in [0.25, 0.3) is 0 Å². The largest absolute Gasteiger partial charge is 0.368 e. The van der Waals surface area contributed by atoms with Crippen LogP contribution < -0.4 is 11.1 Å². The van der Waals surface area contributed by atoms with Gasteiger partial charge in [0.25, 0.3) is 0 Å². The van der Waals surface area contributed by atoms with Gasteiger partial charge in [0, 0.05) is 9.75 Å². The predicted molar refractivity (Wildman–Crippen MR) is 84.0 cm³/mol. The second-order valence-corrected chi connectivity index (χ2v) is 6.64. The Morgan fingerprint density at radius 1 is 1.38 bits per heavy atom. The molecule has 0 radical (unpaired) electrons. The molecule has 1 fully saturated rings. The van der Waals surface area contributed by atoms with E-state index in [1.54, 1.807) is 11.3 Å². The van der Waals surface area contributed by atoms with Crippen LogP contribution in [-0.2, 0) is 22.6 Å². The molecular weight excluding hydrogens is 286 g/mol. The highest BCUT2D eigenvalue weighted by Gasteiger charge is 2.28. The monoisotopic (exact) mass is 309 g/mol. The van der Waals surface area contributed by atoms with Crippen LogP contribution in [0.4, 0.5) is 0 Å². The molecule has 1 unspecified atom stereocenters. The van der Waals surface area contributed by atoms with Gasteiger partial charge >= 0.3 is 0 Å². The zero-order valence-corrected chi connectivity index (χ0v) is 13.2. The van der Waals surface area contributed by atoms with E-state index in [0.29, 0.717) is 6.54 Å². The van der Waals surface area contributed by atoms with Crippen LogP contribution in [0, 0.1) is 0 Å². The topological polar surface area (TPSA) is 75.4 Å². The lowest BCUT2D eigenvalue weighted by Crippen LogP contribution is -2.51. The number of nitrogens with zero attached hydrogens (tertiary/aromatic N) is 1. The fraction of sp³-hybridized carbons (Fsp3) is 0.600. The van der Waals surface area contributed by atoms with Gasteiger partial charge in [-0.3, -0.25) is 14.5 Å². The van der Waals surface area contributed by atoms with Crippen molar-refractivity contribution in [2.24, 2.45) is 5.73 Å². The molecule has 5 nitrogen and oxygen atoms in total. The average Bonchev–Trinajstić information content (AvgIpc) is 2.93. The maximum atomic E-state index is 12.0. The van der Waals surface area contributed by atoms with E-state index in [4.69, 9.17) is 5.73 Å². The lowest BCUT2D eigenvalue weighted by molar-refractivity contribution is -0.128. The first-order chi connectivity index (χ1) is 10.1. The number of nitrogens with one attached hydrogen (secondary N) is 1. The third-order valence-electron chi connectivity index (χ3n) is 3.81. The molecule has 0 aromatic carbocycles. The van der Waals surface area contributed by atoms with Gasteiger partial charge in [0.1, 0.15) is 0 Å². The van der Waals surface area contributed by atoms with E-state index in [1.165, 1.54) is 4.88 Å². The van der Waals surface area contributed by atoms with Gasteiger partial charge in [-0.05, 0) is 37.9 Å². The maximum absolute atomic E-state index is 12.0. The molecule has 2 amide bonds. The van der Waals surface area contributed by atoms with Crippen molar-refractivity contribution in [1.29, 1.82) is 0 Å².